The summed E-state index contributed by atoms with van der Waals surface area (Å²) in [5.41, 5.74) is 4.85. The first-order valence-electron chi connectivity index (χ1n) is 29.5. The monoisotopic (exact) mass is 1230 g/mol. The van der Waals surface area contributed by atoms with Crippen molar-refractivity contribution in [3.8, 4) is 0 Å². The molecular formula is C64H104N2NaO17P. The van der Waals surface area contributed by atoms with Crippen LogP contribution in [0.4, 0.5) is 4.79 Å². The van der Waals surface area contributed by atoms with Crippen LogP contribution in [0, 0.1) is 0 Å². The fraction of sp³-hybridized carbons (Fsp3) is 0.594. The van der Waals surface area contributed by atoms with Crippen molar-refractivity contribution in [2.75, 3.05) is 115 Å². The number of hydrogen-bond acceptors (Lipinski definition) is 17. The molecule has 0 aliphatic carbocycles. The second kappa shape index (κ2) is 64.2. The summed E-state index contributed by atoms with van der Waals surface area (Å²) in [4.78, 5) is 58.1. The molecule has 3 rings (SSSR count). The van der Waals surface area contributed by atoms with Crippen LogP contribution in [0.3, 0.4) is 0 Å². The zero-order valence-electron chi connectivity index (χ0n) is 52.9. The predicted octanol–water partition coefficient (Wildman–Crippen LogP) is 8.69. The first-order chi connectivity index (χ1) is 40.8. The average molecular weight is 1230 g/mol. The predicted molar refractivity (Wildman–Crippen MR) is 332 cm³/mol. The van der Waals surface area contributed by atoms with E-state index in [-0.39, 0.29) is 74.9 Å². The van der Waals surface area contributed by atoms with E-state index in [9.17, 15) is 28.6 Å². The number of phosphoric acid groups is 1. The van der Waals surface area contributed by atoms with Gasteiger partial charge in [-0.15, -0.1) is 0 Å². The molecule has 2 amide bonds. The topological polar surface area (TPSA) is 245 Å². The molecule has 3 N–H and O–H groups in total. The SMILES string of the molecule is C(=C\c1ccc(/C=C/c2ccccc2)cc1)/c1ccccc1.CCCCCCCCCCCCCCCCCC(=O)OCC(COP(=O)([O-])OCCNC(=O)OCCOCC(=O)NC)OC(C)=O.CCCOCCOCCOC.CO.COC.[Na+]. The van der Waals surface area contributed by atoms with Gasteiger partial charge in [0.1, 0.15) is 19.8 Å². The van der Waals surface area contributed by atoms with Gasteiger partial charge in [-0.1, -0.05) is 213 Å². The molecule has 0 aliphatic heterocycles. The van der Waals surface area contributed by atoms with Gasteiger partial charge in [-0.3, -0.25) is 18.9 Å². The Hall–Kier alpha value is -4.31. The maximum absolute atomic E-state index is 12.1. The molecule has 0 spiro atoms. The summed E-state index contributed by atoms with van der Waals surface area (Å²) in [6.45, 7) is 7.05. The molecule has 0 aliphatic rings. The number of hydrogen-bond donors (Lipinski definition) is 3. The molecule has 2 unspecified atom stereocenters. The van der Waals surface area contributed by atoms with Crippen LogP contribution in [0.25, 0.3) is 24.3 Å². The third-order valence-corrected chi connectivity index (χ3v) is 12.3. The number of carbonyl (C=O) groups is 4. The number of ether oxygens (including phenoxy) is 8. The molecule has 0 radical (unpaired) electrons. The Labute approximate surface area is 531 Å². The minimum absolute atomic E-state index is 0. The maximum atomic E-state index is 12.1. The van der Waals surface area contributed by atoms with Crippen LogP contribution in [0.2, 0.25) is 0 Å². The van der Waals surface area contributed by atoms with Crippen molar-refractivity contribution in [1.82, 2.24) is 10.6 Å². The number of esters is 2. The van der Waals surface area contributed by atoms with Gasteiger partial charge in [0.25, 0.3) is 7.82 Å². The molecule has 0 aromatic heterocycles. The number of phosphoric ester groups is 1. The van der Waals surface area contributed by atoms with Crippen molar-refractivity contribution in [3.05, 3.63) is 107 Å². The first-order valence-corrected chi connectivity index (χ1v) is 31.0. The second-order valence-electron chi connectivity index (χ2n) is 18.8. The number of likely N-dealkylation sites (N-methyl/N-ethyl adjacent to an activating group) is 1. The Morgan fingerprint density at radius 1 is 0.553 bits per heavy atom. The number of alkyl carbamates (subject to hydrolysis) is 1. The van der Waals surface area contributed by atoms with Gasteiger partial charge in [-0.25, -0.2) is 4.79 Å². The molecule has 85 heavy (non-hydrogen) atoms. The number of amides is 2. The van der Waals surface area contributed by atoms with E-state index in [0.717, 1.165) is 46.3 Å². The Kier molecular flexibility index (Phi) is 64.1. The number of nitrogens with one attached hydrogen (secondary N) is 2. The van der Waals surface area contributed by atoms with Gasteiger partial charge < -0.3 is 67.6 Å². The summed E-state index contributed by atoms with van der Waals surface area (Å²) in [6, 6.07) is 29.3. The number of benzene rings is 3. The van der Waals surface area contributed by atoms with Gasteiger partial charge in [-0.2, -0.15) is 0 Å². The summed E-state index contributed by atoms with van der Waals surface area (Å²) in [5.74, 6) is -1.49. The Morgan fingerprint density at radius 3 is 1.44 bits per heavy atom. The Bertz CT molecular complexity index is 2010. The van der Waals surface area contributed by atoms with E-state index in [4.69, 9.17) is 42.8 Å². The van der Waals surface area contributed by atoms with E-state index >= 15 is 0 Å². The van der Waals surface area contributed by atoms with Crippen LogP contribution in [-0.2, 0) is 65.9 Å². The van der Waals surface area contributed by atoms with Crippen LogP contribution in [0.1, 0.15) is 152 Å². The van der Waals surface area contributed by atoms with Crippen LogP contribution < -0.4 is 45.1 Å². The zero-order valence-corrected chi connectivity index (χ0v) is 55.8. The summed E-state index contributed by atoms with van der Waals surface area (Å²) in [6.07, 6.45) is 26.1. The minimum Gasteiger partial charge on any atom is -0.756 e. The molecule has 0 fully saturated rings. The number of aliphatic hydroxyl groups excluding tert-OH is 1. The standard InChI is InChI=1S/C31H59N2O12P.C22H18.C8H18O3.C2H6O.CH4O.Na/c1-4-5-6-7-8-9-10-11-12-13-14-15-16-17-18-19-30(36)42-24-28(45-27(2)34)25-44-46(38,39)43-21-20-33-31(37)41-23-22-40-26-29(35)32-3;1-3-7-19(8-4-1)11-13-21-15-17-22(18-16-21)14-12-20-9-5-2-6-10-20;1-3-4-10-7-8-11-6-5-9-2;1-3-2;1-2;/h28H,4-26H2,1-3H3,(H,32,35)(H,33,37)(H,38,39);1-18H;3-8H2,1-2H3;1-2H3;2H,1H3;/q;;;;;+1/p-1/b;13-11+,14-12+;;;;. The third kappa shape index (κ3) is 59.8. The van der Waals surface area contributed by atoms with Crippen molar-refractivity contribution < 1.29 is 110 Å². The Morgan fingerprint density at radius 2 is 0.988 bits per heavy atom. The number of methoxy groups -OCH3 is 2. The molecule has 478 valence electrons. The van der Waals surface area contributed by atoms with Crippen molar-refractivity contribution in [2.24, 2.45) is 0 Å². The fourth-order valence-corrected chi connectivity index (χ4v) is 7.83. The number of carbonyl (C=O) groups excluding carboxylic acids is 4. The van der Waals surface area contributed by atoms with E-state index in [2.05, 4.69) is 131 Å². The Balaban J connectivity index is -0.00000140. The summed E-state index contributed by atoms with van der Waals surface area (Å²) in [5, 5.41) is 11.6. The van der Waals surface area contributed by atoms with Gasteiger partial charge in [-0.05, 0) is 35.1 Å². The molecule has 3 aromatic rings. The second-order valence-corrected chi connectivity index (χ2v) is 20.2. The molecule has 0 bridgehead atoms. The van der Waals surface area contributed by atoms with Crippen LogP contribution in [-0.4, -0.2) is 150 Å². The van der Waals surface area contributed by atoms with Crippen molar-refractivity contribution in [3.63, 3.8) is 0 Å². The van der Waals surface area contributed by atoms with Gasteiger partial charge in [0, 0.05) is 62.0 Å². The smallest absolute Gasteiger partial charge is 0.756 e. The molecule has 0 saturated carbocycles. The van der Waals surface area contributed by atoms with E-state index in [1.807, 2.05) is 12.1 Å². The van der Waals surface area contributed by atoms with Gasteiger partial charge in [0.05, 0.1) is 46.2 Å². The van der Waals surface area contributed by atoms with E-state index in [1.165, 1.54) is 99.9 Å². The van der Waals surface area contributed by atoms with E-state index in [1.54, 1.807) is 21.3 Å². The van der Waals surface area contributed by atoms with Crippen molar-refractivity contribution >= 4 is 56.1 Å². The third-order valence-electron chi connectivity index (χ3n) is 11.4. The summed E-state index contributed by atoms with van der Waals surface area (Å²) in [7, 11) is 2.56. The average Bonchev–Trinajstić information content (AvgIpc) is 3.51. The molecule has 21 heteroatoms. The van der Waals surface area contributed by atoms with Gasteiger partial charge in [0.2, 0.25) is 5.91 Å². The van der Waals surface area contributed by atoms with Crippen LogP contribution in [0.15, 0.2) is 84.9 Å². The zero-order chi connectivity index (χ0) is 62.4. The largest absolute Gasteiger partial charge is 1.00 e. The number of rotatable bonds is 43. The van der Waals surface area contributed by atoms with Gasteiger partial charge in [0.15, 0.2) is 6.10 Å². The molecule has 0 heterocycles. The quantitative estimate of drug-likeness (QED) is 0.0120. The number of unbranched alkanes of at least 4 members (excludes halogenated alkanes) is 14. The fourth-order valence-electron chi connectivity index (χ4n) is 7.09. The normalized spacial score (nSPS) is 11.6. The first kappa shape index (κ1) is 84.9. The minimum atomic E-state index is -4.82. The summed E-state index contributed by atoms with van der Waals surface area (Å²) < 4.78 is 60.8. The molecule has 0 saturated heterocycles. The molecular weight excluding hydrogens is 1120 g/mol. The van der Waals surface area contributed by atoms with Crippen molar-refractivity contribution in [2.45, 2.75) is 136 Å². The van der Waals surface area contributed by atoms with Crippen LogP contribution >= 0.6 is 7.82 Å². The van der Waals surface area contributed by atoms with E-state index in [0.29, 0.717) is 32.8 Å². The van der Waals surface area contributed by atoms with E-state index < -0.39 is 45.2 Å². The molecule has 3 aromatic carbocycles. The van der Waals surface area contributed by atoms with Crippen LogP contribution in [0.5, 0.6) is 0 Å². The number of aliphatic hydroxyl groups is 1. The maximum Gasteiger partial charge on any atom is 1.00 e. The molecule has 2 atom stereocenters. The summed E-state index contributed by atoms with van der Waals surface area (Å²) >= 11 is 0. The molecule has 19 nitrogen and oxygen atoms in total. The van der Waals surface area contributed by atoms with Gasteiger partial charge >= 0.3 is 47.6 Å². The van der Waals surface area contributed by atoms with Crippen molar-refractivity contribution in [1.29, 1.82) is 0 Å².